The summed E-state index contributed by atoms with van der Waals surface area (Å²) >= 11 is 3.06. The zero-order valence-corrected chi connectivity index (χ0v) is 17.2. The van der Waals surface area contributed by atoms with Gasteiger partial charge in [-0.3, -0.25) is 14.7 Å². The molecule has 4 aromatic heterocycles. The molecule has 0 saturated heterocycles. The number of amides is 1. The van der Waals surface area contributed by atoms with Crippen LogP contribution < -0.4 is 5.56 Å². The average molecular weight is 415 g/mol. The molecule has 10 heteroatoms. The Morgan fingerprint density at radius 2 is 2.07 bits per heavy atom. The minimum Gasteiger partial charge on any atom is -0.338 e. The molecular weight excluding hydrogens is 396 g/mol. The highest BCUT2D eigenvalue weighted by Gasteiger charge is 2.17. The van der Waals surface area contributed by atoms with Crippen molar-refractivity contribution < 1.29 is 4.79 Å². The van der Waals surface area contributed by atoms with Gasteiger partial charge in [0.1, 0.15) is 16.5 Å². The molecule has 4 rings (SSSR count). The molecule has 4 heterocycles. The van der Waals surface area contributed by atoms with Crippen molar-refractivity contribution in [2.75, 3.05) is 7.05 Å². The Labute approximate surface area is 168 Å². The van der Waals surface area contributed by atoms with Gasteiger partial charge in [0.2, 0.25) is 5.91 Å². The lowest BCUT2D eigenvalue weighted by Gasteiger charge is -2.14. The lowest BCUT2D eigenvalue weighted by molar-refractivity contribution is -0.129. The number of carbonyl (C=O) groups is 1. The van der Waals surface area contributed by atoms with Crippen LogP contribution in [0.1, 0.15) is 22.4 Å². The van der Waals surface area contributed by atoms with E-state index < -0.39 is 0 Å². The van der Waals surface area contributed by atoms with Gasteiger partial charge in [-0.2, -0.15) is 5.10 Å². The Morgan fingerprint density at radius 1 is 1.25 bits per heavy atom. The Kier molecular flexibility index (Phi) is 4.82. The van der Waals surface area contributed by atoms with Crippen molar-refractivity contribution in [3.63, 3.8) is 0 Å². The standard InChI is InChI=1S/C18H18N6O2S2/c1-9-4-5-12(28-9)11-8-27-18-16(11)17(26)20-13(21-18)6-15(25)24(3)7-14-19-10(2)22-23-14/h4-5,8H,6-7H2,1-3H3,(H,19,22,23)(H,20,21,26). The molecule has 0 aliphatic heterocycles. The molecule has 4 aromatic rings. The van der Waals surface area contributed by atoms with E-state index in [1.54, 1.807) is 25.3 Å². The van der Waals surface area contributed by atoms with Crippen LogP contribution in [0.2, 0.25) is 0 Å². The normalized spacial score (nSPS) is 11.2. The van der Waals surface area contributed by atoms with E-state index in [0.29, 0.717) is 27.7 Å². The van der Waals surface area contributed by atoms with Gasteiger partial charge in [-0.05, 0) is 26.0 Å². The minimum atomic E-state index is -0.220. The van der Waals surface area contributed by atoms with Crippen LogP contribution in [-0.2, 0) is 17.8 Å². The van der Waals surface area contributed by atoms with Crippen LogP contribution >= 0.6 is 22.7 Å². The number of hydrogen-bond acceptors (Lipinski definition) is 7. The third-order valence-corrected chi connectivity index (χ3v) is 6.17. The number of carbonyl (C=O) groups excluding carboxylic acids is 1. The zero-order valence-electron chi connectivity index (χ0n) is 15.6. The molecule has 144 valence electrons. The monoisotopic (exact) mass is 414 g/mol. The van der Waals surface area contributed by atoms with Crippen molar-refractivity contribution >= 4 is 38.8 Å². The first-order valence-corrected chi connectivity index (χ1v) is 10.3. The minimum absolute atomic E-state index is 0.0103. The molecule has 0 bridgehead atoms. The summed E-state index contributed by atoms with van der Waals surface area (Å²) in [5.41, 5.74) is 0.671. The van der Waals surface area contributed by atoms with E-state index in [1.807, 2.05) is 24.4 Å². The summed E-state index contributed by atoms with van der Waals surface area (Å²) in [4.78, 5) is 41.0. The number of fused-ring (bicyclic) bond motifs is 1. The first-order chi connectivity index (χ1) is 13.4. The number of hydrogen-bond donors (Lipinski definition) is 2. The second kappa shape index (κ2) is 7.28. The van der Waals surface area contributed by atoms with E-state index in [1.165, 1.54) is 21.1 Å². The summed E-state index contributed by atoms with van der Waals surface area (Å²) in [7, 11) is 1.67. The van der Waals surface area contributed by atoms with Gasteiger partial charge in [0, 0.05) is 27.7 Å². The second-order valence-electron chi connectivity index (χ2n) is 6.52. The number of aromatic amines is 2. The molecule has 0 atom stereocenters. The van der Waals surface area contributed by atoms with Crippen LogP contribution in [0.3, 0.4) is 0 Å². The van der Waals surface area contributed by atoms with Crippen molar-refractivity contribution in [1.29, 1.82) is 0 Å². The van der Waals surface area contributed by atoms with Crippen molar-refractivity contribution in [2.45, 2.75) is 26.8 Å². The molecule has 0 spiro atoms. The fourth-order valence-electron chi connectivity index (χ4n) is 2.88. The summed E-state index contributed by atoms with van der Waals surface area (Å²) in [5, 5.41) is 9.31. The largest absolute Gasteiger partial charge is 0.338 e. The topological polar surface area (TPSA) is 108 Å². The van der Waals surface area contributed by atoms with E-state index in [4.69, 9.17) is 0 Å². The molecule has 0 saturated carbocycles. The molecule has 0 radical (unpaired) electrons. The lowest BCUT2D eigenvalue weighted by Crippen LogP contribution is -2.29. The Bertz CT molecular complexity index is 1220. The van der Waals surface area contributed by atoms with Crippen LogP contribution in [0.4, 0.5) is 0 Å². The van der Waals surface area contributed by atoms with Crippen LogP contribution in [0, 0.1) is 13.8 Å². The van der Waals surface area contributed by atoms with Crippen molar-refractivity contribution in [1.82, 2.24) is 30.0 Å². The number of nitrogens with zero attached hydrogens (tertiary/aromatic N) is 4. The van der Waals surface area contributed by atoms with Crippen molar-refractivity contribution in [3.8, 4) is 10.4 Å². The predicted octanol–water partition coefficient (Wildman–Crippen LogP) is 2.65. The van der Waals surface area contributed by atoms with Crippen LogP contribution in [0.5, 0.6) is 0 Å². The number of likely N-dealkylation sites (N-methyl/N-ethyl adjacent to an activating group) is 1. The summed E-state index contributed by atoms with van der Waals surface area (Å²) < 4.78 is 0. The summed E-state index contributed by atoms with van der Waals surface area (Å²) in [6, 6.07) is 4.04. The number of H-pyrrole nitrogens is 2. The zero-order chi connectivity index (χ0) is 19.8. The van der Waals surface area contributed by atoms with Gasteiger partial charge in [-0.1, -0.05) is 0 Å². The summed E-state index contributed by atoms with van der Waals surface area (Å²) in [5.74, 6) is 1.42. The fraction of sp³-hybridized carbons (Fsp3) is 0.278. The number of aromatic nitrogens is 5. The number of rotatable bonds is 5. The van der Waals surface area contributed by atoms with E-state index in [0.717, 1.165) is 10.4 Å². The first-order valence-electron chi connectivity index (χ1n) is 8.60. The SMILES string of the molecule is Cc1nc(CN(C)C(=O)Cc2nc3scc(-c4ccc(C)s4)c3c(=O)[nH]2)n[nH]1. The number of nitrogens with one attached hydrogen (secondary N) is 2. The van der Waals surface area contributed by atoms with E-state index in [9.17, 15) is 9.59 Å². The van der Waals surface area contributed by atoms with Gasteiger partial charge in [-0.25, -0.2) is 9.97 Å². The maximum absolute atomic E-state index is 12.7. The highest BCUT2D eigenvalue weighted by Crippen LogP contribution is 2.34. The third kappa shape index (κ3) is 3.60. The third-order valence-electron chi connectivity index (χ3n) is 4.27. The summed E-state index contributed by atoms with van der Waals surface area (Å²) in [6.45, 7) is 4.12. The first kappa shape index (κ1) is 18.5. The Morgan fingerprint density at radius 3 is 2.75 bits per heavy atom. The Balaban J connectivity index is 1.56. The maximum Gasteiger partial charge on any atom is 0.260 e. The fourth-order valence-corrected chi connectivity index (χ4v) is 4.80. The van der Waals surface area contributed by atoms with E-state index in [2.05, 4.69) is 25.1 Å². The molecule has 28 heavy (non-hydrogen) atoms. The van der Waals surface area contributed by atoms with Gasteiger partial charge < -0.3 is 9.88 Å². The molecule has 0 unspecified atom stereocenters. The predicted molar refractivity (Wildman–Crippen MR) is 110 cm³/mol. The molecule has 1 amide bonds. The van der Waals surface area contributed by atoms with Gasteiger partial charge in [0.05, 0.1) is 18.4 Å². The highest BCUT2D eigenvalue weighted by molar-refractivity contribution is 7.19. The molecule has 0 fully saturated rings. The molecule has 0 aliphatic rings. The lowest BCUT2D eigenvalue weighted by atomic mass is 10.2. The molecule has 2 N–H and O–H groups in total. The second-order valence-corrected chi connectivity index (χ2v) is 8.66. The van der Waals surface area contributed by atoms with Gasteiger partial charge in [-0.15, -0.1) is 22.7 Å². The highest BCUT2D eigenvalue weighted by atomic mass is 32.1. The number of thiophene rings is 2. The summed E-state index contributed by atoms with van der Waals surface area (Å²) in [6.07, 6.45) is 0.0103. The van der Waals surface area contributed by atoms with Crippen LogP contribution in [0.25, 0.3) is 20.7 Å². The molecule has 0 aliphatic carbocycles. The van der Waals surface area contributed by atoms with Crippen LogP contribution in [0.15, 0.2) is 22.3 Å². The quantitative estimate of drug-likeness (QED) is 0.522. The number of aryl methyl sites for hydroxylation is 2. The van der Waals surface area contributed by atoms with Gasteiger partial charge in [0.25, 0.3) is 5.56 Å². The molecule has 0 aromatic carbocycles. The Hall–Kier alpha value is -2.85. The van der Waals surface area contributed by atoms with Crippen molar-refractivity contribution in [3.05, 3.63) is 50.2 Å². The molecular formula is C18H18N6O2S2. The van der Waals surface area contributed by atoms with Crippen LogP contribution in [-0.4, -0.2) is 43.0 Å². The maximum atomic E-state index is 12.7. The van der Waals surface area contributed by atoms with Crippen molar-refractivity contribution in [2.24, 2.45) is 0 Å². The van der Waals surface area contributed by atoms with E-state index in [-0.39, 0.29) is 24.4 Å². The van der Waals surface area contributed by atoms with Gasteiger partial charge >= 0.3 is 0 Å². The van der Waals surface area contributed by atoms with E-state index >= 15 is 0 Å². The smallest absolute Gasteiger partial charge is 0.260 e. The average Bonchev–Trinajstić information content (AvgIpc) is 3.35. The molecule has 8 nitrogen and oxygen atoms in total. The van der Waals surface area contributed by atoms with Gasteiger partial charge in [0.15, 0.2) is 5.82 Å².